The number of hydrogen-bond acceptors (Lipinski definition) is 3. The summed E-state index contributed by atoms with van der Waals surface area (Å²) in [5.41, 5.74) is 1.65. The van der Waals surface area contributed by atoms with Gasteiger partial charge in [-0.3, -0.25) is 4.79 Å². The van der Waals surface area contributed by atoms with Crippen LogP contribution in [0.25, 0.3) is 28.7 Å². The van der Waals surface area contributed by atoms with Crippen LogP contribution in [0.1, 0.15) is 16.3 Å². The normalized spacial score (nSPS) is 11.2. The largest absolute Gasteiger partial charge is 0.457 e. The number of halogens is 2. The molecule has 0 bridgehead atoms. The predicted molar refractivity (Wildman–Crippen MR) is 112 cm³/mol. The number of ketones is 1. The highest BCUT2D eigenvalue weighted by atomic mass is 35.5. The van der Waals surface area contributed by atoms with E-state index in [0.717, 1.165) is 11.3 Å². The van der Waals surface area contributed by atoms with Gasteiger partial charge in [0.15, 0.2) is 5.76 Å². The van der Waals surface area contributed by atoms with E-state index in [0.29, 0.717) is 27.1 Å². The van der Waals surface area contributed by atoms with Crippen molar-refractivity contribution in [3.63, 3.8) is 0 Å². The zero-order valence-electron chi connectivity index (χ0n) is 14.6. The molecule has 3 nitrogen and oxygen atoms in total. The van der Waals surface area contributed by atoms with Crippen molar-refractivity contribution in [2.45, 2.75) is 0 Å². The molecule has 0 radical (unpaired) electrons. The second-order valence-corrected chi connectivity index (χ2v) is 6.90. The highest BCUT2D eigenvalue weighted by molar-refractivity contribution is 6.36. The average Bonchev–Trinajstić information content (AvgIpc) is 3.37. The monoisotopic (exact) mass is 408 g/mol. The summed E-state index contributed by atoms with van der Waals surface area (Å²) < 4.78 is 11.4. The Hall–Kier alpha value is -3.01. The van der Waals surface area contributed by atoms with Crippen molar-refractivity contribution < 1.29 is 13.6 Å². The van der Waals surface area contributed by atoms with E-state index >= 15 is 0 Å². The quantitative estimate of drug-likeness (QED) is 0.255. The van der Waals surface area contributed by atoms with Gasteiger partial charge in [-0.15, -0.1) is 0 Å². The second kappa shape index (κ2) is 7.93. The van der Waals surface area contributed by atoms with Gasteiger partial charge in [0.2, 0.25) is 5.78 Å². The molecule has 0 atom stereocenters. The summed E-state index contributed by atoms with van der Waals surface area (Å²) in [5.74, 6) is 1.77. The smallest absolute Gasteiger partial charge is 0.221 e. The van der Waals surface area contributed by atoms with Crippen LogP contribution in [-0.4, -0.2) is 5.78 Å². The highest BCUT2D eigenvalue weighted by Crippen LogP contribution is 2.31. The van der Waals surface area contributed by atoms with Gasteiger partial charge in [0, 0.05) is 16.1 Å². The van der Waals surface area contributed by atoms with Crippen LogP contribution in [0.3, 0.4) is 0 Å². The molecule has 2 heterocycles. The van der Waals surface area contributed by atoms with Crippen LogP contribution in [0.4, 0.5) is 0 Å². The lowest BCUT2D eigenvalue weighted by Crippen LogP contribution is -1.90. The Kier molecular flexibility index (Phi) is 5.20. The molecule has 0 aliphatic carbocycles. The number of furan rings is 2. The molecule has 0 aliphatic rings. The molecule has 2 aromatic heterocycles. The lowest BCUT2D eigenvalue weighted by atomic mass is 10.2. The van der Waals surface area contributed by atoms with Crippen molar-refractivity contribution in [3.8, 4) is 22.6 Å². The summed E-state index contributed by atoms with van der Waals surface area (Å²) >= 11 is 12.1. The SMILES string of the molecule is O=C(/C=C/c1ccc(-c2ccccc2)o1)c1ccc(-c2ccc(Cl)cc2Cl)o1. The van der Waals surface area contributed by atoms with Gasteiger partial charge in [0.25, 0.3) is 0 Å². The first-order valence-electron chi connectivity index (χ1n) is 8.53. The molecule has 0 N–H and O–H groups in total. The summed E-state index contributed by atoms with van der Waals surface area (Å²) in [6.45, 7) is 0. The maximum atomic E-state index is 12.4. The Morgan fingerprint density at radius 3 is 2.39 bits per heavy atom. The minimum Gasteiger partial charge on any atom is -0.457 e. The summed E-state index contributed by atoms with van der Waals surface area (Å²) in [5, 5.41) is 0.994. The Morgan fingerprint density at radius 1 is 0.821 bits per heavy atom. The minimum absolute atomic E-state index is 0.215. The molecule has 138 valence electrons. The van der Waals surface area contributed by atoms with E-state index in [2.05, 4.69) is 0 Å². The first kappa shape index (κ1) is 18.4. The number of carbonyl (C=O) groups excluding carboxylic acids is 1. The van der Waals surface area contributed by atoms with Crippen LogP contribution in [-0.2, 0) is 0 Å². The lowest BCUT2D eigenvalue weighted by molar-refractivity contribution is 0.102. The van der Waals surface area contributed by atoms with Crippen molar-refractivity contribution in [3.05, 3.63) is 100 Å². The van der Waals surface area contributed by atoms with Crippen molar-refractivity contribution in [1.29, 1.82) is 0 Å². The van der Waals surface area contributed by atoms with E-state index < -0.39 is 0 Å². The standard InChI is InChI=1S/C23H14Cl2O3/c24-16-6-9-18(19(25)14-16)22-12-13-23(28-22)20(26)10-7-17-8-11-21(27-17)15-4-2-1-3-5-15/h1-14H/b10-7+. The number of rotatable bonds is 5. The number of allylic oxidation sites excluding steroid dienone is 1. The van der Waals surface area contributed by atoms with E-state index in [9.17, 15) is 4.79 Å². The number of carbonyl (C=O) groups is 1. The Balaban J connectivity index is 1.50. The van der Waals surface area contributed by atoms with Gasteiger partial charge in [0.05, 0.1) is 5.02 Å². The van der Waals surface area contributed by atoms with E-state index in [-0.39, 0.29) is 11.5 Å². The van der Waals surface area contributed by atoms with Gasteiger partial charge in [-0.25, -0.2) is 0 Å². The summed E-state index contributed by atoms with van der Waals surface area (Å²) in [6, 6.07) is 21.9. The van der Waals surface area contributed by atoms with Crippen molar-refractivity contribution in [2.75, 3.05) is 0 Å². The van der Waals surface area contributed by atoms with E-state index in [1.165, 1.54) is 6.08 Å². The predicted octanol–water partition coefficient (Wildman–Crippen LogP) is 7.41. The Bertz CT molecular complexity index is 1150. The first-order valence-corrected chi connectivity index (χ1v) is 9.29. The van der Waals surface area contributed by atoms with Crippen LogP contribution >= 0.6 is 23.2 Å². The fraction of sp³-hybridized carbons (Fsp3) is 0. The molecular weight excluding hydrogens is 395 g/mol. The fourth-order valence-corrected chi connectivity index (χ4v) is 3.25. The molecule has 0 amide bonds. The minimum atomic E-state index is -0.269. The molecule has 0 fully saturated rings. The third kappa shape index (κ3) is 3.96. The summed E-state index contributed by atoms with van der Waals surface area (Å²) in [6.07, 6.45) is 3.03. The molecule has 0 spiro atoms. The first-order chi connectivity index (χ1) is 13.6. The van der Waals surface area contributed by atoms with Crippen molar-refractivity contribution in [2.24, 2.45) is 0 Å². The zero-order chi connectivity index (χ0) is 19.5. The zero-order valence-corrected chi connectivity index (χ0v) is 16.1. The Morgan fingerprint density at radius 2 is 1.61 bits per heavy atom. The molecule has 0 aliphatic heterocycles. The third-order valence-corrected chi connectivity index (χ3v) is 4.68. The van der Waals surface area contributed by atoms with Gasteiger partial charge >= 0.3 is 0 Å². The Labute approximate surface area is 171 Å². The summed E-state index contributed by atoms with van der Waals surface area (Å²) in [7, 11) is 0. The van der Waals surface area contributed by atoms with Gasteiger partial charge in [-0.2, -0.15) is 0 Å². The van der Waals surface area contributed by atoms with Crippen LogP contribution < -0.4 is 0 Å². The number of benzene rings is 2. The average molecular weight is 409 g/mol. The van der Waals surface area contributed by atoms with Gasteiger partial charge in [-0.05, 0) is 54.6 Å². The van der Waals surface area contributed by atoms with Gasteiger partial charge < -0.3 is 8.83 Å². The molecular formula is C23H14Cl2O3. The van der Waals surface area contributed by atoms with Crippen LogP contribution in [0.2, 0.25) is 10.0 Å². The maximum absolute atomic E-state index is 12.4. The fourth-order valence-electron chi connectivity index (χ4n) is 2.74. The molecule has 4 rings (SSSR count). The van der Waals surface area contributed by atoms with Crippen LogP contribution in [0.15, 0.2) is 87.7 Å². The van der Waals surface area contributed by atoms with Crippen molar-refractivity contribution >= 4 is 35.1 Å². The molecule has 0 unspecified atom stereocenters. The van der Waals surface area contributed by atoms with E-state index in [1.807, 2.05) is 42.5 Å². The van der Waals surface area contributed by atoms with Crippen LogP contribution in [0.5, 0.6) is 0 Å². The molecule has 2 aromatic carbocycles. The van der Waals surface area contributed by atoms with E-state index in [1.54, 1.807) is 36.4 Å². The third-order valence-electron chi connectivity index (χ3n) is 4.13. The topological polar surface area (TPSA) is 43.4 Å². The highest BCUT2D eigenvalue weighted by Gasteiger charge is 2.13. The molecule has 0 saturated heterocycles. The number of hydrogen-bond donors (Lipinski definition) is 0. The summed E-state index contributed by atoms with van der Waals surface area (Å²) in [4.78, 5) is 12.4. The molecule has 28 heavy (non-hydrogen) atoms. The lowest BCUT2D eigenvalue weighted by Gasteiger charge is -2.00. The molecule has 4 aromatic rings. The van der Waals surface area contributed by atoms with Gasteiger partial charge in [-0.1, -0.05) is 53.5 Å². The molecule has 0 saturated carbocycles. The maximum Gasteiger partial charge on any atom is 0.221 e. The second-order valence-electron chi connectivity index (χ2n) is 6.05. The molecule has 5 heteroatoms. The van der Waals surface area contributed by atoms with Crippen molar-refractivity contribution in [1.82, 2.24) is 0 Å². The van der Waals surface area contributed by atoms with Gasteiger partial charge in [0.1, 0.15) is 17.3 Å². The van der Waals surface area contributed by atoms with Crippen LogP contribution in [0, 0.1) is 0 Å². The van der Waals surface area contributed by atoms with E-state index in [4.69, 9.17) is 32.0 Å².